The predicted molar refractivity (Wildman–Crippen MR) is 41.7 cm³/mol. The van der Waals surface area contributed by atoms with Crippen LogP contribution in [0, 0.1) is 0 Å². The molecule has 66 valence electrons. The van der Waals surface area contributed by atoms with Gasteiger partial charge in [-0.1, -0.05) is 0 Å². The van der Waals surface area contributed by atoms with Gasteiger partial charge in [-0.2, -0.15) is 0 Å². The SMILES string of the molecule is CCOC(OCC)[P+](=O)OC. The maximum absolute atomic E-state index is 11.0. The highest BCUT2D eigenvalue weighted by molar-refractivity contribution is 7.39. The van der Waals surface area contributed by atoms with Gasteiger partial charge in [0.25, 0.3) is 0 Å². The number of hydrogen-bond acceptors (Lipinski definition) is 4. The summed E-state index contributed by atoms with van der Waals surface area (Å²) >= 11 is 0. The average Bonchev–Trinajstić information content (AvgIpc) is 2.03. The van der Waals surface area contributed by atoms with E-state index < -0.39 is 14.1 Å². The molecule has 0 bridgehead atoms. The second-order valence-corrected chi connectivity index (χ2v) is 3.04. The van der Waals surface area contributed by atoms with E-state index in [1.807, 2.05) is 13.8 Å². The van der Waals surface area contributed by atoms with Crippen molar-refractivity contribution in [2.24, 2.45) is 0 Å². The van der Waals surface area contributed by atoms with E-state index in [4.69, 9.17) is 9.47 Å². The standard InChI is InChI=1S/C6H14O4P/c1-4-9-6(10-5-2)11(7)8-3/h6H,4-5H2,1-3H3/q+1. The molecular weight excluding hydrogens is 167 g/mol. The van der Waals surface area contributed by atoms with Crippen LogP contribution < -0.4 is 0 Å². The molecule has 0 aliphatic rings. The van der Waals surface area contributed by atoms with Crippen molar-refractivity contribution in [2.45, 2.75) is 19.9 Å². The Labute approximate surface area is 67.7 Å². The molecule has 0 aromatic carbocycles. The largest absolute Gasteiger partial charge is 0.572 e. The van der Waals surface area contributed by atoms with Gasteiger partial charge >= 0.3 is 14.1 Å². The van der Waals surface area contributed by atoms with Crippen LogP contribution >= 0.6 is 8.03 Å². The molecule has 0 aliphatic heterocycles. The third kappa shape index (κ3) is 4.43. The number of hydrogen-bond donors (Lipinski definition) is 0. The van der Waals surface area contributed by atoms with Crippen LogP contribution in [0.5, 0.6) is 0 Å². The van der Waals surface area contributed by atoms with E-state index in [9.17, 15) is 4.57 Å². The molecule has 11 heavy (non-hydrogen) atoms. The minimum absolute atomic E-state index is 0.467. The summed E-state index contributed by atoms with van der Waals surface area (Å²) in [5, 5.41) is 0. The molecule has 0 aliphatic carbocycles. The Kier molecular flexibility index (Phi) is 6.66. The zero-order chi connectivity index (χ0) is 8.69. The van der Waals surface area contributed by atoms with E-state index in [2.05, 4.69) is 4.52 Å². The summed E-state index contributed by atoms with van der Waals surface area (Å²) < 4.78 is 25.6. The van der Waals surface area contributed by atoms with Gasteiger partial charge in [-0.25, -0.2) is 0 Å². The topological polar surface area (TPSA) is 44.8 Å². The van der Waals surface area contributed by atoms with Gasteiger partial charge in [-0.05, 0) is 18.4 Å². The fraction of sp³-hybridized carbons (Fsp3) is 1.00. The van der Waals surface area contributed by atoms with E-state index in [1.54, 1.807) is 0 Å². The Morgan fingerprint density at radius 2 is 1.73 bits per heavy atom. The smallest absolute Gasteiger partial charge is 0.311 e. The quantitative estimate of drug-likeness (QED) is 0.462. The first-order chi connectivity index (χ1) is 5.26. The summed E-state index contributed by atoms with van der Waals surface area (Å²) in [4.78, 5) is 0. The van der Waals surface area contributed by atoms with Crippen LogP contribution in [0.15, 0.2) is 0 Å². The zero-order valence-corrected chi connectivity index (χ0v) is 7.97. The van der Waals surface area contributed by atoms with Crippen molar-refractivity contribution >= 4 is 8.03 Å². The number of ether oxygens (including phenoxy) is 2. The van der Waals surface area contributed by atoms with Crippen molar-refractivity contribution in [2.75, 3.05) is 20.3 Å². The van der Waals surface area contributed by atoms with E-state index in [-0.39, 0.29) is 0 Å². The predicted octanol–water partition coefficient (Wildman–Crippen LogP) is 1.73. The lowest BCUT2D eigenvalue weighted by molar-refractivity contribution is -0.0847. The van der Waals surface area contributed by atoms with Crippen LogP contribution in [0.2, 0.25) is 0 Å². The molecule has 0 rings (SSSR count). The minimum atomic E-state index is -1.85. The molecule has 0 heterocycles. The summed E-state index contributed by atoms with van der Waals surface area (Å²) in [6, 6.07) is -0.718. The Hall–Kier alpha value is -0.0200. The first-order valence-electron chi connectivity index (χ1n) is 3.49. The zero-order valence-electron chi connectivity index (χ0n) is 7.07. The fourth-order valence-corrected chi connectivity index (χ4v) is 1.25. The monoisotopic (exact) mass is 181 g/mol. The van der Waals surface area contributed by atoms with Crippen LogP contribution in [0.1, 0.15) is 13.8 Å². The third-order valence-corrected chi connectivity index (χ3v) is 1.97. The first kappa shape index (κ1) is 11.0. The van der Waals surface area contributed by atoms with Crippen molar-refractivity contribution in [1.82, 2.24) is 0 Å². The normalized spacial score (nSPS) is 12.2. The molecule has 0 fully saturated rings. The summed E-state index contributed by atoms with van der Waals surface area (Å²) in [6.07, 6.45) is 0. The lowest BCUT2D eigenvalue weighted by Gasteiger charge is -2.03. The van der Waals surface area contributed by atoms with Gasteiger partial charge in [-0.15, -0.1) is 4.52 Å². The van der Waals surface area contributed by atoms with E-state index in [1.165, 1.54) is 7.11 Å². The highest BCUT2D eigenvalue weighted by Gasteiger charge is 2.32. The van der Waals surface area contributed by atoms with Crippen LogP contribution in [0.25, 0.3) is 0 Å². The van der Waals surface area contributed by atoms with Gasteiger partial charge in [-0.3, -0.25) is 0 Å². The van der Waals surface area contributed by atoms with Gasteiger partial charge in [0.1, 0.15) is 0 Å². The Morgan fingerprint density at radius 1 is 1.27 bits per heavy atom. The van der Waals surface area contributed by atoms with Crippen molar-refractivity contribution in [1.29, 1.82) is 0 Å². The first-order valence-corrected chi connectivity index (χ1v) is 4.74. The maximum Gasteiger partial charge on any atom is 0.572 e. The average molecular weight is 181 g/mol. The third-order valence-electron chi connectivity index (χ3n) is 0.971. The second-order valence-electron chi connectivity index (χ2n) is 1.69. The van der Waals surface area contributed by atoms with Gasteiger partial charge in [0.2, 0.25) is 0 Å². The molecule has 0 N–H and O–H groups in total. The molecular formula is C6H14O4P+. The van der Waals surface area contributed by atoms with E-state index in [0.29, 0.717) is 13.2 Å². The molecule has 0 saturated carbocycles. The Bertz CT molecular complexity index is 111. The summed E-state index contributed by atoms with van der Waals surface area (Å²) in [5.41, 5.74) is 0. The molecule has 0 aromatic rings. The number of rotatable bonds is 6. The molecule has 0 saturated heterocycles. The van der Waals surface area contributed by atoms with Gasteiger partial charge in [0.05, 0.1) is 20.3 Å². The van der Waals surface area contributed by atoms with Crippen molar-refractivity contribution in [3.8, 4) is 0 Å². The lowest BCUT2D eigenvalue weighted by Crippen LogP contribution is -2.13. The van der Waals surface area contributed by atoms with Gasteiger partial charge in [0, 0.05) is 0 Å². The molecule has 1 unspecified atom stereocenters. The van der Waals surface area contributed by atoms with Crippen LogP contribution in [-0.4, -0.2) is 26.4 Å². The van der Waals surface area contributed by atoms with Gasteiger partial charge in [0.15, 0.2) is 0 Å². The Morgan fingerprint density at radius 3 is 2.00 bits per heavy atom. The van der Waals surface area contributed by atoms with Crippen molar-refractivity contribution in [3.63, 3.8) is 0 Å². The lowest BCUT2D eigenvalue weighted by atomic mass is 10.9. The van der Waals surface area contributed by atoms with Crippen molar-refractivity contribution < 1.29 is 18.6 Å². The Balaban J connectivity index is 3.76. The summed E-state index contributed by atoms with van der Waals surface area (Å²) in [5.74, 6) is 0. The molecule has 0 radical (unpaired) electrons. The second kappa shape index (κ2) is 6.68. The molecule has 4 nitrogen and oxygen atoms in total. The molecule has 0 amide bonds. The summed E-state index contributed by atoms with van der Waals surface area (Å²) in [7, 11) is -0.483. The molecule has 0 spiro atoms. The minimum Gasteiger partial charge on any atom is -0.311 e. The van der Waals surface area contributed by atoms with Crippen LogP contribution in [-0.2, 0) is 18.6 Å². The van der Waals surface area contributed by atoms with Crippen LogP contribution in [0.3, 0.4) is 0 Å². The summed E-state index contributed by atoms with van der Waals surface area (Å²) in [6.45, 7) is 4.56. The van der Waals surface area contributed by atoms with E-state index >= 15 is 0 Å². The van der Waals surface area contributed by atoms with Gasteiger partial charge < -0.3 is 9.47 Å². The molecule has 5 heteroatoms. The maximum atomic E-state index is 11.0. The highest BCUT2D eigenvalue weighted by Crippen LogP contribution is 2.29. The molecule has 0 aromatic heterocycles. The molecule has 1 atom stereocenters. The van der Waals surface area contributed by atoms with E-state index in [0.717, 1.165) is 0 Å². The van der Waals surface area contributed by atoms with Crippen LogP contribution in [0.4, 0.5) is 0 Å². The van der Waals surface area contributed by atoms with Crippen molar-refractivity contribution in [3.05, 3.63) is 0 Å². The fourth-order valence-electron chi connectivity index (χ4n) is 0.541. The highest BCUT2D eigenvalue weighted by atomic mass is 31.1.